The lowest BCUT2D eigenvalue weighted by molar-refractivity contribution is -0.0625. The Kier molecular flexibility index (Phi) is 4.48. The molecule has 2 aliphatic heterocycles. The van der Waals surface area contributed by atoms with Gasteiger partial charge in [0.05, 0.1) is 12.7 Å². The van der Waals surface area contributed by atoms with Gasteiger partial charge in [0.2, 0.25) is 0 Å². The molecule has 2 fully saturated rings. The number of hydrogen-bond donors (Lipinski definition) is 1. The number of aryl methyl sites for hydroxylation is 1. The normalized spacial score (nSPS) is 28.8. The first-order valence-electron chi connectivity index (χ1n) is 9.02. The van der Waals surface area contributed by atoms with Crippen LogP contribution in [0.15, 0.2) is 18.2 Å². The fourth-order valence-corrected chi connectivity index (χ4v) is 4.18. The Balaban J connectivity index is 1.82. The molecule has 0 radical (unpaired) electrons. The van der Waals surface area contributed by atoms with Crippen molar-refractivity contribution in [2.45, 2.75) is 76.7 Å². The molecule has 0 aliphatic carbocycles. The molecule has 0 aromatic heterocycles. The molecule has 1 amide bonds. The number of nitrogens with zero attached hydrogens (tertiary/aromatic N) is 1. The number of methoxy groups -OCH3 is 1. The highest BCUT2D eigenvalue weighted by atomic mass is 16.6. The first-order valence-corrected chi connectivity index (χ1v) is 9.02. The lowest BCUT2D eigenvalue weighted by Crippen LogP contribution is -2.53. The number of amides is 1. The summed E-state index contributed by atoms with van der Waals surface area (Å²) in [6.45, 7) is 7.63. The molecule has 2 heterocycles. The summed E-state index contributed by atoms with van der Waals surface area (Å²) in [7, 11) is 1.64. The zero-order chi connectivity index (χ0) is 18.4. The Morgan fingerprint density at radius 3 is 2.36 bits per heavy atom. The van der Waals surface area contributed by atoms with E-state index in [0.717, 1.165) is 29.7 Å². The van der Waals surface area contributed by atoms with Crippen molar-refractivity contribution in [2.75, 3.05) is 7.11 Å². The molecule has 2 bridgehead atoms. The number of rotatable bonds is 2. The SMILES string of the molecule is COc1cc(C2(O)CC3CCC(C2)N3C(=O)OC(C)(C)C)ccc1C. The number of carbonyl (C=O) groups excluding carboxylic acids is 1. The first-order chi connectivity index (χ1) is 11.6. The van der Waals surface area contributed by atoms with Crippen LogP contribution in [-0.4, -0.2) is 40.9 Å². The molecular formula is C20H29NO4. The Morgan fingerprint density at radius 1 is 1.24 bits per heavy atom. The third-order valence-corrected chi connectivity index (χ3v) is 5.32. The maximum Gasteiger partial charge on any atom is 0.410 e. The first kappa shape index (κ1) is 18.1. The van der Waals surface area contributed by atoms with Gasteiger partial charge in [0, 0.05) is 24.9 Å². The average molecular weight is 347 g/mol. The molecule has 1 aromatic carbocycles. The van der Waals surface area contributed by atoms with Crippen LogP contribution in [0.4, 0.5) is 4.79 Å². The summed E-state index contributed by atoms with van der Waals surface area (Å²) in [5.74, 6) is 0.785. The molecule has 25 heavy (non-hydrogen) atoms. The minimum atomic E-state index is -0.925. The summed E-state index contributed by atoms with van der Waals surface area (Å²) < 4.78 is 11.0. The molecule has 5 nitrogen and oxygen atoms in total. The molecule has 1 aromatic rings. The van der Waals surface area contributed by atoms with Gasteiger partial charge in [-0.2, -0.15) is 0 Å². The minimum absolute atomic E-state index is 0.0193. The van der Waals surface area contributed by atoms with E-state index in [9.17, 15) is 9.90 Å². The third-order valence-electron chi connectivity index (χ3n) is 5.32. The van der Waals surface area contributed by atoms with Crippen LogP contribution in [0, 0.1) is 6.92 Å². The van der Waals surface area contributed by atoms with E-state index in [1.54, 1.807) is 7.11 Å². The van der Waals surface area contributed by atoms with Crippen LogP contribution in [0.25, 0.3) is 0 Å². The number of carbonyl (C=O) groups is 1. The van der Waals surface area contributed by atoms with Crippen molar-refractivity contribution in [3.63, 3.8) is 0 Å². The van der Waals surface area contributed by atoms with Crippen LogP contribution in [0.3, 0.4) is 0 Å². The highest BCUT2D eigenvalue weighted by molar-refractivity contribution is 5.70. The monoisotopic (exact) mass is 347 g/mol. The van der Waals surface area contributed by atoms with E-state index in [0.29, 0.717) is 12.8 Å². The molecule has 138 valence electrons. The minimum Gasteiger partial charge on any atom is -0.496 e. The highest BCUT2D eigenvalue weighted by Crippen LogP contribution is 2.46. The summed E-state index contributed by atoms with van der Waals surface area (Å²) >= 11 is 0. The van der Waals surface area contributed by atoms with Crippen molar-refractivity contribution < 1.29 is 19.4 Å². The van der Waals surface area contributed by atoms with E-state index in [2.05, 4.69) is 0 Å². The second-order valence-corrected chi connectivity index (χ2v) is 8.40. The Morgan fingerprint density at radius 2 is 1.84 bits per heavy atom. The fraction of sp³-hybridized carbons (Fsp3) is 0.650. The van der Waals surface area contributed by atoms with Crippen molar-refractivity contribution in [1.82, 2.24) is 4.90 Å². The van der Waals surface area contributed by atoms with Crippen LogP contribution in [0.1, 0.15) is 57.6 Å². The Hall–Kier alpha value is -1.75. The van der Waals surface area contributed by atoms with Crippen molar-refractivity contribution in [3.05, 3.63) is 29.3 Å². The van der Waals surface area contributed by atoms with Crippen LogP contribution in [0.2, 0.25) is 0 Å². The maximum atomic E-state index is 12.6. The quantitative estimate of drug-likeness (QED) is 0.885. The van der Waals surface area contributed by atoms with Crippen molar-refractivity contribution in [3.8, 4) is 5.75 Å². The number of aliphatic hydroxyl groups is 1. The van der Waals surface area contributed by atoms with Crippen molar-refractivity contribution in [2.24, 2.45) is 0 Å². The molecule has 0 saturated carbocycles. The van der Waals surface area contributed by atoms with Gasteiger partial charge in [-0.25, -0.2) is 4.79 Å². The van der Waals surface area contributed by atoms with E-state index in [-0.39, 0.29) is 18.2 Å². The van der Waals surface area contributed by atoms with E-state index < -0.39 is 11.2 Å². The van der Waals surface area contributed by atoms with E-state index in [1.165, 1.54) is 0 Å². The van der Waals surface area contributed by atoms with Gasteiger partial charge in [0.1, 0.15) is 11.4 Å². The molecule has 2 aliphatic rings. The molecule has 2 unspecified atom stereocenters. The van der Waals surface area contributed by atoms with Gasteiger partial charge in [-0.3, -0.25) is 0 Å². The molecule has 2 saturated heterocycles. The third kappa shape index (κ3) is 3.47. The summed E-state index contributed by atoms with van der Waals surface area (Å²) in [6.07, 6.45) is 2.64. The Bertz CT molecular complexity index is 650. The molecule has 5 heteroatoms. The van der Waals surface area contributed by atoms with Crippen LogP contribution < -0.4 is 4.74 Å². The summed E-state index contributed by atoms with van der Waals surface area (Å²) in [4.78, 5) is 14.4. The zero-order valence-electron chi connectivity index (χ0n) is 15.8. The smallest absolute Gasteiger partial charge is 0.410 e. The summed E-state index contributed by atoms with van der Waals surface area (Å²) in [5, 5.41) is 11.3. The maximum absolute atomic E-state index is 12.6. The lowest BCUT2D eigenvalue weighted by Gasteiger charge is -2.44. The number of fused-ring (bicyclic) bond motifs is 2. The molecule has 3 rings (SSSR count). The number of ether oxygens (including phenoxy) is 2. The van der Waals surface area contributed by atoms with Gasteiger partial charge in [0.15, 0.2) is 0 Å². The number of benzene rings is 1. The van der Waals surface area contributed by atoms with Crippen LogP contribution >= 0.6 is 0 Å². The lowest BCUT2D eigenvalue weighted by atomic mass is 9.80. The standard InChI is InChI=1S/C20H29NO4/c1-13-6-7-14(10-17(13)24-5)20(23)11-15-8-9-16(12-20)21(15)18(22)25-19(2,3)4/h6-7,10,15-16,23H,8-9,11-12H2,1-5H3. The predicted octanol–water partition coefficient (Wildman–Crippen LogP) is 3.75. The van der Waals surface area contributed by atoms with Crippen LogP contribution in [-0.2, 0) is 10.3 Å². The average Bonchev–Trinajstić information content (AvgIpc) is 2.79. The van der Waals surface area contributed by atoms with E-state index >= 15 is 0 Å². The zero-order valence-corrected chi connectivity index (χ0v) is 15.8. The molecule has 2 atom stereocenters. The molecular weight excluding hydrogens is 318 g/mol. The largest absolute Gasteiger partial charge is 0.496 e. The van der Waals surface area contributed by atoms with Gasteiger partial charge in [-0.1, -0.05) is 12.1 Å². The van der Waals surface area contributed by atoms with Gasteiger partial charge in [-0.15, -0.1) is 0 Å². The van der Waals surface area contributed by atoms with Crippen molar-refractivity contribution >= 4 is 6.09 Å². The molecule has 0 spiro atoms. The second-order valence-electron chi connectivity index (χ2n) is 8.40. The highest BCUT2D eigenvalue weighted by Gasteiger charge is 2.51. The van der Waals surface area contributed by atoms with Crippen molar-refractivity contribution in [1.29, 1.82) is 0 Å². The Labute approximate surface area is 149 Å². The molecule has 1 N–H and O–H groups in total. The number of piperidine rings is 1. The van der Waals surface area contributed by atoms with Gasteiger partial charge < -0.3 is 19.5 Å². The second kappa shape index (κ2) is 6.20. The summed E-state index contributed by atoms with van der Waals surface area (Å²) in [6, 6.07) is 5.92. The van der Waals surface area contributed by atoms with E-state index in [1.807, 2.05) is 50.8 Å². The van der Waals surface area contributed by atoms with Gasteiger partial charge in [0.25, 0.3) is 0 Å². The predicted molar refractivity (Wildman–Crippen MR) is 95.7 cm³/mol. The van der Waals surface area contributed by atoms with E-state index in [4.69, 9.17) is 9.47 Å². The number of hydrogen-bond acceptors (Lipinski definition) is 4. The van der Waals surface area contributed by atoms with Gasteiger partial charge in [-0.05, 0) is 57.7 Å². The van der Waals surface area contributed by atoms with Crippen LogP contribution in [0.5, 0.6) is 5.75 Å². The van der Waals surface area contributed by atoms with Gasteiger partial charge >= 0.3 is 6.09 Å². The topological polar surface area (TPSA) is 59.0 Å². The summed E-state index contributed by atoms with van der Waals surface area (Å²) in [5.41, 5.74) is 0.486. The fourth-order valence-electron chi connectivity index (χ4n) is 4.18.